The zero-order valence-corrected chi connectivity index (χ0v) is 15.6. The second-order valence-electron chi connectivity index (χ2n) is 5.61. The van der Waals surface area contributed by atoms with Crippen LogP contribution in [0, 0.1) is 21.4 Å². The Balaban J connectivity index is 1.94. The first-order valence-corrected chi connectivity index (χ1v) is 8.61. The summed E-state index contributed by atoms with van der Waals surface area (Å²) in [5.74, 6) is 0.0187. The van der Waals surface area contributed by atoms with Gasteiger partial charge in [-0.05, 0) is 24.3 Å². The third kappa shape index (κ3) is 3.96. The summed E-state index contributed by atoms with van der Waals surface area (Å²) in [5.41, 5.74) is 0.140. The van der Waals surface area contributed by atoms with Crippen LogP contribution in [0.1, 0.15) is 16.1 Å². The molecule has 0 aliphatic carbocycles. The normalized spacial score (nSPS) is 11.1. The Hall–Kier alpha value is -3.40. The number of carbonyl (C=O) groups is 1. The van der Waals surface area contributed by atoms with E-state index in [0.29, 0.717) is 21.4 Å². The van der Waals surface area contributed by atoms with Crippen molar-refractivity contribution >= 4 is 40.7 Å². The van der Waals surface area contributed by atoms with E-state index in [9.17, 15) is 20.2 Å². The van der Waals surface area contributed by atoms with Crippen LogP contribution < -0.4 is 0 Å². The summed E-state index contributed by atoms with van der Waals surface area (Å²) in [4.78, 5) is 22.8. The lowest BCUT2D eigenvalue weighted by Gasteiger charge is -2.02. The highest BCUT2D eigenvalue weighted by Gasteiger charge is 2.17. The molecule has 0 atom stereocenters. The third-order valence-electron chi connectivity index (χ3n) is 3.81. The van der Waals surface area contributed by atoms with Crippen LogP contribution in [0.4, 0.5) is 5.69 Å². The van der Waals surface area contributed by atoms with Gasteiger partial charge in [-0.2, -0.15) is 5.26 Å². The number of Topliss-reactive ketones (excluding diaryl/α,β-unsaturated/α-hetero) is 1. The Morgan fingerprint density at radius 3 is 2.61 bits per heavy atom. The fourth-order valence-corrected chi connectivity index (χ4v) is 2.87. The number of hydrogen-bond acceptors (Lipinski definition) is 5. The van der Waals surface area contributed by atoms with Crippen LogP contribution >= 0.6 is 23.2 Å². The van der Waals surface area contributed by atoms with Crippen molar-refractivity contribution in [1.82, 2.24) is 0 Å². The highest BCUT2D eigenvalue weighted by molar-refractivity contribution is 6.43. The molecule has 28 heavy (non-hydrogen) atoms. The standard InChI is InChI=1S/C20H10Cl2N2O4/c21-17-6-2-5-16(19(17)22)18-8-7-15(28-18)10-13(11-23)20(25)12-3-1-4-14(9-12)24(26)27/h1-10H. The molecule has 8 heteroatoms. The number of non-ortho nitro benzene ring substituents is 1. The third-order valence-corrected chi connectivity index (χ3v) is 4.63. The van der Waals surface area contributed by atoms with Crippen LogP contribution in [0.3, 0.4) is 0 Å². The predicted octanol–water partition coefficient (Wildman–Crippen LogP) is 5.95. The Bertz CT molecular complexity index is 1160. The number of ketones is 1. The molecule has 0 amide bonds. The largest absolute Gasteiger partial charge is 0.457 e. The van der Waals surface area contributed by atoms with E-state index in [1.54, 1.807) is 36.4 Å². The molecule has 138 valence electrons. The Morgan fingerprint density at radius 1 is 1.14 bits per heavy atom. The quantitative estimate of drug-likeness (QED) is 0.169. The van der Waals surface area contributed by atoms with E-state index in [-0.39, 0.29) is 22.6 Å². The average Bonchev–Trinajstić information content (AvgIpc) is 3.16. The Labute approximate surface area is 169 Å². The predicted molar refractivity (Wildman–Crippen MR) is 105 cm³/mol. The Morgan fingerprint density at radius 2 is 1.89 bits per heavy atom. The van der Waals surface area contributed by atoms with Crippen LogP contribution in [0.5, 0.6) is 0 Å². The van der Waals surface area contributed by atoms with Crippen LogP contribution in [0.2, 0.25) is 10.0 Å². The molecule has 3 aromatic rings. The number of nitrogens with zero attached hydrogens (tertiary/aromatic N) is 2. The number of nitro benzene ring substituents is 1. The molecule has 1 aromatic heterocycles. The van der Waals surface area contributed by atoms with Gasteiger partial charge in [-0.1, -0.05) is 41.4 Å². The maximum Gasteiger partial charge on any atom is 0.270 e. The van der Waals surface area contributed by atoms with Crippen molar-refractivity contribution in [2.75, 3.05) is 0 Å². The number of halogens is 2. The van der Waals surface area contributed by atoms with Crippen molar-refractivity contribution in [2.24, 2.45) is 0 Å². The van der Waals surface area contributed by atoms with Gasteiger partial charge < -0.3 is 4.42 Å². The number of allylic oxidation sites excluding steroid dienone is 1. The first-order chi connectivity index (χ1) is 13.4. The van der Waals surface area contributed by atoms with Gasteiger partial charge in [0.2, 0.25) is 5.78 Å². The second kappa shape index (κ2) is 8.09. The molecule has 0 N–H and O–H groups in total. The van der Waals surface area contributed by atoms with Gasteiger partial charge in [-0.15, -0.1) is 0 Å². The molecular formula is C20H10Cl2N2O4. The molecule has 0 aliphatic rings. The SMILES string of the molecule is N#CC(=Cc1ccc(-c2cccc(Cl)c2Cl)o1)C(=O)c1cccc([N+](=O)[O-])c1. The van der Waals surface area contributed by atoms with Gasteiger partial charge in [0.05, 0.1) is 15.0 Å². The lowest BCUT2D eigenvalue weighted by atomic mass is 10.0. The van der Waals surface area contributed by atoms with Gasteiger partial charge >= 0.3 is 0 Å². The summed E-state index contributed by atoms with van der Waals surface area (Å²) in [6.45, 7) is 0. The monoisotopic (exact) mass is 412 g/mol. The summed E-state index contributed by atoms with van der Waals surface area (Å²) in [7, 11) is 0. The smallest absolute Gasteiger partial charge is 0.270 e. The van der Waals surface area contributed by atoms with Gasteiger partial charge in [-0.3, -0.25) is 14.9 Å². The fraction of sp³-hybridized carbons (Fsp3) is 0. The van der Waals surface area contributed by atoms with E-state index in [4.69, 9.17) is 27.6 Å². The summed E-state index contributed by atoms with van der Waals surface area (Å²) < 4.78 is 5.65. The number of carbonyl (C=O) groups excluding carboxylic acids is 1. The van der Waals surface area contributed by atoms with Crippen molar-refractivity contribution in [2.45, 2.75) is 0 Å². The molecule has 0 unspecified atom stereocenters. The lowest BCUT2D eigenvalue weighted by molar-refractivity contribution is -0.384. The first-order valence-electron chi connectivity index (χ1n) is 7.86. The topological polar surface area (TPSA) is 97.1 Å². The molecule has 0 radical (unpaired) electrons. The molecule has 6 nitrogen and oxygen atoms in total. The lowest BCUT2D eigenvalue weighted by Crippen LogP contribution is -2.02. The summed E-state index contributed by atoms with van der Waals surface area (Å²) >= 11 is 12.2. The minimum atomic E-state index is -0.648. The van der Waals surface area contributed by atoms with E-state index < -0.39 is 10.7 Å². The zero-order valence-electron chi connectivity index (χ0n) is 14.1. The molecule has 1 heterocycles. The van der Waals surface area contributed by atoms with Crippen molar-refractivity contribution in [3.63, 3.8) is 0 Å². The van der Waals surface area contributed by atoms with Crippen LogP contribution in [0.15, 0.2) is 64.6 Å². The maximum absolute atomic E-state index is 12.5. The fourth-order valence-electron chi connectivity index (χ4n) is 2.48. The molecule has 0 aliphatic heterocycles. The molecular weight excluding hydrogens is 403 g/mol. The van der Waals surface area contributed by atoms with E-state index in [0.717, 1.165) is 6.07 Å². The van der Waals surface area contributed by atoms with E-state index in [1.807, 2.05) is 0 Å². The number of rotatable bonds is 5. The number of hydrogen-bond donors (Lipinski definition) is 0. The second-order valence-corrected chi connectivity index (χ2v) is 6.39. The number of nitriles is 1. The first kappa shape index (κ1) is 19.4. The molecule has 0 spiro atoms. The minimum absolute atomic E-state index is 0.0339. The van der Waals surface area contributed by atoms with Crippen molar-refractivity contribution < 1.29 is 14.1 Å². The molecule has 0 saturated carbocycles. The summed E-state index contributed by atoms with van der Waals surface area (Å²) in [5, 5.41) is 20.9. The van der Waals surface area contributed by atoms with Gasteiger partial charge in [0, 0.05) is 29.3 Å². The van der Waals surface area contributed by atoms with Crippen LogP contribution in [-0.2, 0) is 0 Å². The molecule has 0 fully saturated rings. The van der Waals surface area contributed by atoms with Crippen LogP contribution in [-0.4, -0.2) is 10.7 Å². The highest BCUT2D eigenvalue weighted by Crippen LogP contribution is 2.34. The Kier molecular flexibility index (Phi) is 5.59. The van der Waals surface area contributed by atoms with Gasteiger partial charge in [0.25, 0.3) is 5.69 Å². The molecule has 2 aromatic carbocycles. The van der Waals surface area contributed by atoms with E-state index in [2.05, 4.69) is 0 Å². The maximum atomic E-state index is 12.5. The van der Waals surface area contributed by atoms with Gasteiger partial charge in [0.15, 0.2) is 0 Å². The summed E-state index contributed by atoms with van der Waals surface area (Å²) in [6, 6.07) is 15.3. The minimum Gasteiger partial charge on any atom is -0.457 e. The van der Waals surface area contributed by atoms with E-state index >= 15 is 0 Å². The highest BCUT2D eigenvalue weighted by atomic mass is 35.5. The number of nitro groups is 1. The average molecular weight is 413 g/mol. The van der Waals surface area contributed by atoms with Crippen molar-refractivity contribution in [3.05, 3.63) is 91.7 Å². The van der Waals surface area contributed by atoms with Gasteiger partial charge in [-0.25, -0.2) is 0 Å². The summed E-state index contributed by atoms with van der Waals surface area (Å²) in [6.07, 6.45) is 1.27. The number of furan rings is 1. The number of benzene rings is 2. The van der Waals surface area contributed by atoms with Crippen LogP contribution in [0.25, 0.3) is 17.4 Å². The molecule has 0 bridgehead atoms. The molecule has 3 rings (SSSR count). The van der Waals surface area contributed by atoms with Gasteiger partial charge in [0.1, 0.15) is 23.2 Å². The molecule has 0 saturated heterocycles. The zero-order chi connectivity index (χ0) is 20.3. The van der Waals surface area contributed by atoms with Crippen molar-refractivity contribution in [1.29, 1.82) is 5.26 Å². The van der Waals surface area contributed by atoms with Crippen molar-refractivity contribution in [3.8, 4) is 17.4 Å². The van der Waals surface area contributed by atoms with E-state index in [1.165, 1.54) is 24.3 Å².